The number of nitrogens with zero attached hydrogens (tertiary/aromatic N) is 2. The molecule has 0 aromatic carbocycles. The van der Waals surface area contributed by atoms with E-state index in [0.717, 1.165) is 5.82 Å². The maximum atomic E-state index is 9.09. The number of H-pyrrole nitrogens is 1. The van der Waals surface area contributed by atoms with Crippen molar-refractivity contribution in [2.24, 2.45) is 0 Å². The number of hydrogen-bond donors (Lipinski definition) is 2. The molecule has 4 nitrogen and oxygen atoms in total. The third kappa shape index (κ3) is 1.77. The van der Waals surface area contributed by atoms with Gasteiger partial charge in [0.2, 0.25) is 0 Å². The zero-order valence-electron chi connectivity index (χ0n) is 7.00. The van der Waals surface area contributed by atoms with Gasteiger partial charge in [0.15, 0.2) is 11.6 Å². The minimum atomic E-state index is -0.560. The molecule has 0 saturated heterocycles. The fourth-order valence-corrected chi connectivity index (χ4v) is 0.733. The highest BCUT2D eigenvalue weighted by molar-refractivity contribution is 4.96. The van der Waals surface area contributed by atoms with E-state index in [1.807, 2.05) is 13.8 Å². The molecule has 0 saturated carbocycles. The molecule has 0 spiro atoms. The van der Waals surface area contributed by atoms with Crippen LogP contribution < -0.4 is 0 Å². The molecular formula is C7H13N3O. The first-order valence-electron chi connectivity index (χ1n) is 3.71. The van der Waals surface area contributed by atoms with Gasteiger partial charge in [-0.2, -0.15) is 5.10 Å². The lowest BCUT2D eigenvalue weighted by Crippen LogP contribution is -1.94. The standard InChI is InChI=1S/C7H13N3O/c1-4(2)6-8-7(5(3)11)10-9-6/h4-5,11H,1-3H3,(H,8,9,10). The van der Waals surface area contributed by atoms with Crippen molar-refractivity contribution in [2.75, 3.05) is 0 Å². The van der Waals surface area contributed by atoms with E-state index in [-0.39, 0.29) is 0 Å². The van der Waals surface area contributed by atoms with Gasteiger partial charge in [-0.15, -0.1) is 0 Å². The number of aliphatic hydroxyl groups excluding tert-OH is 1. The monoisotopic (exact) mass is 155 g/mol. The van der Waals surface area contributed by atoms with Crippen LogP contribution in [0.4, 0.5) is 0 Å². The quantitative estimate of drug-likeness (QED) is 0.669. The van der Waals surface area contributed by atoms with Crippen molar-refractivity contribution in [3.63, 3.8) is 0 Å². The molecule has 0 aliphatic rings. The first-order valence-corrected chi connectivity index (χ1v) is 3.71. The van der Waals surface area contributed by atoms with Crippen LogP contribution in [0.5, 0.6) is 0 Å². The predicted molar refractivity (Wildman–Crippen MR) is 41.1 cm³/mol. The first kappa shape index (κ1) is 8.20. The van der Waals surface area contributed by atoms with Crippen molar-refractivity contribution >= 4 is 0 Å². The van der Waals surface area contributed by atoms with Gasteiger partial charge < -0.3 is 5.11 Å². The molecule has 1 atom stereocenters. The summed E-state index contributed by atoms with van der Waals surface area (Å²) in [6.45, 7) is 5.68. The first-order chi connectivity index (χ1) is 5.11. The highest BCUT2D eigenvalue weighted by Gasteiger charge is 2.09. The van der Waals surface area contributed by atoms with Crippen molar-refractivity contribution in [1.82, 2.24) is 15.2 Å². The lowest BCUT2D eigenvalue weighted by molar-refractivity contribution is 0.189. The summed E-state index contributed by atoms with van der Waals surface area (Å²) >= 11 is 0. The second-order valence-corrected chi connectivity index (χ2v) is 2.91. The molecule has 1 heterocycles. The Morgan fingerprint density at radius 1 is 1.36 bits per heavy atom. The maximum absolute atomic E-state index is 9.09. The summed E-state index contributed by atoms with van der Waals surface area (Å²) < 4.78 is 0. The normalized spacial score (nSPS) is 13.9. The topological polar surface area (TPSA) is 61.8 Å². The fraction of sp³-hybridized carbons (Fsp3) is 0.714. The van der Waals surface area contributed by atoms with Crippen molar-refractivity contribution in [2.45, 2.75) is 32.8 Å². The van der Waals surface area contributed by atoms with E-state index in [0.29, 0.717) is 11.7 Å². The molecule has 0 aliphatic heterocycles. The molecule has 0 fully saturated rings. The second kappa shape index (κ2) is 3.00. The third-order valence-electron chi connectivity index (χ3n) is 1.43. The van der Waals surface area contributed by atoms with Gasteiger partial charge in [0, 0.05) is 5.92 Å². The number of aliphatic hydroxyl groups is 1. The average Bonchev–Trinajstić information content (AvgIpc) is 2.33. The summed E-state index contributed by atoms with van der Waals surface area (Å²) in [7, 11) is 0. The van der Waals surface area contributed by atoms with E-state index in [4.69, 9.17) is 5.11 Å². The van der Waals surface area contributed by atoms with E-state index in [1.165, 1.54) is 0 Å². The van der Waals surface area contributed by atoms with Crippen LogP contribution in [0.3, 0.4) is 0 Å². The Balaban J connectivity index is 2.82. The van der Waals surface area contributed by atoms with Crippen LogP contribution in [0.15, 0.2) is 0 Å². The van der Waals surface area contributed by atoms with Crippen LogP contribution in [0.2, 0.25) is 0 Å². The lowest BCUT2D eigenvalue weighted by Gasteiger charge is -1.96. The Bertz CT molecular complexity index is 207. The Morgan fingerprint density at radius 3 is 2.27 bits per heavy atom. The predicted octanol–water partition coefficient (Wildman–Crippen LogP) is 0.981. The van der Waals surface area contributed by atoms with E-state index in [9.17, 15) is 0 Å². The van der Waals surface area contributed by atoms with Crippen molar-refractivity contribution in [3.8, 4) is 0 Å². The number of hydrogen-bond acceptors (Lipinski definition) is 3. The van der Waals surface area contributed by atoms with Crippen molar-refractivity contribution < 1.29 is 5.11 Å². The minimum absolute atomic E-state index is 0.304. The van der Waals surface area contributed by atoms with Crippen LogP contribution in [0, 0.1) is 0 Å². The molecule has 1 aromatic heterocycles. The molecule has 0 aliphatic carbocycles. The summed E-state index contributed by atoms with van der Waals surface area (Å²) in [4.78, 5) is 4.09. The zero-order valence-corrected chi connectivity index (χ0v) is 7.00. The largest absolute Gasteiger partial charge is 0.385 e. The smallest absolute Gasteiger partial charge is 0.153 e. The Morgan fingerprint density at radius 2 is 2.00 bits per heavy atom. The molecule has 2 N–H and O–H groups in total. The number of rotatable bonds is 2. The molecule has 0 radical (unpaired) electrons. The Labute approximate surface area is 65.7 Å². The summed E-state index contributed by atoms with van der Waals surface area (Å²) in [5.41, 5.74) is 0. The minimum Gasteiger partial charge on any atom is -0.385 e. The molecule has 0 bridgehead atoms. The Hall–Kier alpha value is -0.900. The number of nitrogens with one attached hydrogen (secondary N) is 1. The second-order valence-electron chi connectivity index (χ2n) is 2.91. The molecule has 1 unspecified atom stereocenters. The van der Waals surface area contributed by atoms with Gasteiger partial charge >= 0.3 is 0 Å². The van der Waals surface area contributed by atoms with E-state index < -0.39 is 6.10 Å². The van der Waals surface area contributed by atoms with Gasteiger partial charge in [0.1, 0.15) is 6.10 Å². The molecule has 0 amide bonds. The van der Waals surface area contributed by atoms with Gasteiger partial charge in [-0.05, 0) is 6.92 Å². The van der Waals surface area contributed by atoms with Crippen LogP contribution in [-0.4, -0.2) is 20.3 Å². The van der Waals surface area contributed by atoms with Gasteiger partial charge in [-0.1, -0.05) is 13.8 Å². The van der Waals surface area contributed by atoms with Crippen LogP contribution in [0.25, 0.3) is 0 Å². The highest BCUT2D eigenvalue weighted by atomic mass is 16.3. The van der Waals surface area contributed by atoms with Crippen LogP contribution in [0.1, 0.15) is 44.4 Å². The van der Waals surface area contributed by atoms with E-state index in [2.05, 4.69) is 15.2 Å². The highest BCUT2D eigenvalue weighted by Crippen LogP contribution is 2.11. The molecular weight excluding hydrogens is 142 g/mol. The van der Waals surface area contributed by atoms with Gasteiger partial charge in [-0.25, -0.2) is 4.98 Å². The molecule has 11 heavy (non-hydrogen) atoms. The third-order valence-corrected chi connectivity index (χ3v) is 1.43. The van der Waals surface area contributed by atoms with Gasteiger partial charge in [0.25, 0.3) is 0 Å². The maximum Gasteiger partial charge on any atom is 0.153 e. The molecule has 4 heteroatoms. The summed E-state index contributed by atoms with van der Waals surface area (Å²) in [5.74, 6) is 1.59. The zero-order chi connectivity index (χ0) is 8.43. The van der Waals surface area contributed by atoms with E-state index >= 15 is 0 Å². The lowest BCUT2D eigenvalue weighted by atomic mass is 10.2. The van der Waals surface area contributed by atoms with Crippen molar-refractivity contribution in [3.05, 3.63) is 11.6 Å². The summed E-state index contributed by atoms with van der Waals surface area (Å²) in [6, 6.07) is 0. The SMILES string of the molecule is CC(C)c1n[nH]c(C(C)O)n1. The summed E-state index contributed by atoms with van der Waals surface area (Å²) in [6.07, 6.45) is -0.560. The van der Waals surface area contributed by atoms with Crippen LogP contribution >= 0.6 is 0 Å². The van der Waals surface area contributed by atoms with Crippen molar-refractivity contribution in [1.29, 1.82) is 0 Å². The summed E-state index contributed by atoms with van der Waals surface area (Å²) in [5, 5.41) is 15.7. The van der Waals surface area contributed by atoms with Gasteiger partial charge in [0.05, 0.1) is 0 Å². The fourth-order valence-electron chi connectivity index (χ4n) is 0.733. The number of aromatic nitrogens is 3. The van der Waals surface area contributed by atoms with Gasteiger partial charge in [-0.3, -0.25) is 5.10 Å². The van der Waals surface area contributed by atoms with Crippen LogP contribution in [-0.2, 0) is 0 Å². The number of aromatic amines is 1. The van der Waals surface area contributed by atoms with E-state index in [1.54, 1.807) is 6.92 Å². The Kier molecular flexibility index (Phi) is 2.24. The molecule has 62 valence electrons. The molecule has 1 aromatic rings. The molecule has 1 rings (SSSR count). The average molecular weight is 155 g/mol.